The van der Waals surface area contributed by atoms with Gasteiger partial charge in [-0.15, -0.1) is 10.2 Å². The van der Waals surface area contributed by atoms with Crippen LogP contribution in [-0.2, 0) is 11.2 Å². The number of anilines is 1. The number of aryl methyl sites for hydroxylation is 1. The number of hydrogen-bond acceptors (Lipinski definition) is 5. The topological polar surface area (TPSA) is 75.2 Å². The van der Waals surface area contributed by atoms with E-state index in [1.54, 1.807) is 11.0 Å². The molecule has 2 amide bonds. The molecule has 1 aliphatic heterocycles. The predicted octanol–water partition coefficient (Wildman–Crippen LogP) is 3.90. The first-order valence-corrected chi connectivity index (χ1v) is 10.6. The van der Waals surface area contributed by atoms with Gasteiger partial charge in [0.15, 0.2) is 0 Å². The normalized spacial score (nSPS) is 14.9. The maximum atomic E-state index is 13.3. The number of piperidine rings is 1. The van der Waals surface area contributed by atoms with E-state index in [1.165, 1.54) is 29.5 Å². The highest BCUT2D eigenvalue weighted by molar-refractivity contribution is 7.15. The molecule has 8 heteroatoms. The Bertz CT molecular complexity index is 818. The van der Waals surface area contributed by atoms with Crippen LogP contribution in [0.5, 0.6) is 0 Å². The Kier molecular flexibility index (Phi) is 7.08. The highest BCUT2D eigenvalue weighted by atomic mass is 32.1. The fraction of sp³-hybridized carbons (Fsp3) is 0.500. The zero-order valence-corrected chi connectivity index (χ0v) is 16.8. The minimum absolute atomic E-state index is 0.0749. The van der Waals surface area contributed by atoms with Crippen LogP contribution in [0.3, 0.4) is 0 Å². The second kappa shape index (κ2) is 9.73. The lowest BCUT2D eigenvalue weighted by Gasteiger charge is -2.31. The van der Waals surface area contributed by atoms with E-state index in [4.69, 9.17) is 0 Å². The van der Waals surface area contributed by atoms with Crippen molar-refractivity contribution in [2.75, 3.05) is 18.4 Å². The van der Waals surface area contributed by atoms with Crippen molar-refractivity contribution in [3.63, 3.8) is 0 Å². The van der Waals surface area contributed by atoms with Crippen molar-refractivity contribution in [3.8, 4) is 0 Å². The highest BCUT2D eigenvalue weighted by Gasteiger charge is 2.28. The van der Waals surface area contributed by atoms with Crippen molar-refractivity contribution < 1.29 is 14.0 Å². The summed E-state index contributed by atoms with van der Waals surface area (Å²) in [6, 6.07) is 5.70. The van der Waals surface area contributed by atoms with Gasteiger partial charge in [-0.2, -0.15) is 0 Å². The standard InChI is InChI=1S/C20H25FN4O2S/c1-2-3-4-8-17-23-24-20(28-17)22-18(26)14-9-11-25(12-10-14)19(27)15-6-5-7-16(21)13-15/h5-7,13-14H,2-4,8-12H2,1H3,(H,22,24,26). The summed E-state index contributed by atoms with van der Waals surface area (Å²) in [5, 5.41) is 12.5. The maximum absolute atomic E-state index is 13.3. The van der Waals surface area contributed by atoms with Crippen molar-refractivity contribution in [1.82, 2.24) is 15.1 Å². The monoisotopic (exact) mass is 404 g/mol. The number of carbonyl (C=O) groups excluding carboxylic acids is 2. The fourth-order valence-corrected chi connectivity index (χ4v) is 4.07. The predicted molar refractivity (Wildman–Crippen MR) is 107 cm³/mol. The lowest BCUT2D eigenvalue weighted by molar-refractivity contribution is -0.121. The number of amides is 2. The van der Waals surface area contributed by atoms with E-state index < -0.39 is 5.82 Å². The van der Waals surface area contributed by atoms with Crippen LogP contribution in [0, 0.1) is 11.7 Å². The lowest BCUT2D eigenvalue weighted by atomic mass is 9.95. The van der Waals surface area contributed by atoms with Gasteiger partial charge in [0.05, 0.1) is 0 Å². The molecule has 0 saturated carbocycles. The number of benzene rings is 1. The van der Waals surface area contributed by atoms with Crippen LogP contribution >= 0.6 is 11.3 Å². The summed E-state index contributed by atoms with van der Waals surface area (Å²) in [4.78, 5) is 26.7. The van der Waals surface area contributed by atoms with E-state index in [1.807, 2.05) is 0 Å². The Morgan fingerprint density at radius 1 is 1.25 bits per heavy atom. The first-order valence-electron chi connectivity index (χ1n) is 9.75. The molecule has 0 radical (unpaired) electrons. The summed E-state index contributed by atoms with van der Waals surface area (Å²) in [5.41, 5.74) is 0.340. The molecule has 28 heavy (non-hydrogen) atoms. The lowest BCUT2D eigenvalue weighted by Crippen LogP contribution is -2.41. The average Bonchev–Trinajstić information content (AvgIpc) is 3.15. The van der Waals surface area contributed by atoms with E-state index in [0.29, 0.717) is 36.6 Å². The molecule has 2 heterocycles. The van der Waals surface area contributed by atoms with Crippen LogP contribution in [0.1, 0.15) is 54.4 Å². The smallest absolute Gasteiger partial charge is 0.253 e. The van der Waals surface area contributed by atoms with Crippen LogP contribution < -0.4 is 5.32 Å². The summed E-state index contributed by atoms with van der Waals surface area (Å²) in [6.45, 7) is 3.11. The Hall–Kier alpha value is -2.35. The van der Waals surface area contributed by atoms with Gasteiger partial charge in [0.2, 0.25) is 11.0 Å². The van der Waals surface area contributed by atoms with Gasteiger partial charge in [0.1, 0.15) is 10.8 Å². The number of likely N-dealkylation sites (tertiary alicyclic amines) is 1. The number of carbonyl (C=O) groups is 2. The molecule has 3 rings (SSSR count). The van der Waals surface area contributed by atoms with Gasteiger partial charge in [-0.1, -0.05) is 37.2 Å². The Balaban J connectivity index is 1.48. The Morgan fingerprint density at radius 3 is 2.75 bits per heavy atom. The second-order valence-electron chi connectivity index (χ2n) is 7.02. The van der Waals surface area contributed by atoms with Gasteiger partial charge < -0.3 is 10.2 Å². The van der Waals surface area contributed by atoms with Crippen LogP contribution in [0.2, 0.25) is 0 Å². The zero-order chi connectivity index (χ0) is 19.9. The van der Waals surface area contributed by atoms with Crippen LogP contribution in [0.25, 0.3) is 0 Å². The molecule has 0 bridgehead atoms. The molecule has 2 aromatic rings. The van der Waals surface area contributed by atoms with Crippen molar-refractivity contribution >= 4 is 28.3 Å². The van der Waals surface area contributed by atoms with Gasteiger partial charge in [0, 0.05) is 31.0 Å². The number of rotatable bonds is 7. The SMILES string of the molecule is CCCCCc1nnc(NC(=O)C2CCN(C(=O)c3cccc(F)c3)CC2)s1. The molecule has 1 fully saturated rings. The molecule has 0 aliphatic carbocycles. The van der Waals surface area contributed by atoms with Crippen LogP contribution in [0.15, 0.2) is 24.3 Å². The highest BCUT2D eigenvalue weighted by Crippen LogP contribution is 2.23. The van der Waals surface area contributed by atoms with E-state index in [-0.39, 0.29) is 17.7 Å². The quantitative estimate of drug-likeness (QED) is 0.710. The van der Waals surface area contributed by atoms with E-state index in [2.05, 4.69) is 22.4 Å². The number of aromatic nitrogens is 2. The van der Waals surface area contributed by atoms with Crippen molar-refractivity contribution in [2.24, 2.45) is 5.92 Å². The molecular weight excluding hydrogens is 379 g/mol. The number of halogens is 1. The van der Waals surface area contributed by atoms with Crippen molar-refractivity contribution in [1.29, 1.82) is 0 Å². The molecule has 1 aromatic carbocycles. The minimum atomic E-state index is -0.425. The number of nitrogens with zero attached hydrogens (tertiary/aromatic N) is 3. The van der Waals surface area contributed by atoms with Crippen molar-refractivity contribution in [2.45, 2.75) is 45.4 Å². The summed E-state index contributed by atoms with van der Waals surface area (Å²) >= 11 is 1.43. The van der Waals surface area contributed by atoms with Gasteiger partial charge >= 0.3 is 0 Å². The molecule has 150 valence electrons. The van der Waals surface area contributed by atoms with Gasteiger partial charge in [-0.25, -0.2) is 4.39 Å². The summed E-state index contributed by atoms with van der Waals surface area (Å²) in [6.07, 6.45) is 5.44. The third-order valence-corrected chi connectivity index (χ3v) is 5.81. The molecule has 1 N–H and O–H groups in total. The number of hydrogen-bond donors (Lipinski definition) is 1. The second-order valence-corrected chi connectivity index (χ2v) is 8.09. The maximum Gasteiger partial charge on any atom is 0.253 e. The first kappa shape index (κ1) is 20.4. The first-order chi connectivity index (χ1) is 13.6. The summed E-state index contributed by atoms with van der Waals surface area (Å²) in [7, 11) is 0. The molecule has 1 aromatic heterocycles. The van der Waals surface area contributed by atoms with Gasteiger partial charge in [-0.05, 0) is 37.5 Å². The third-order valence-electron chi connectivity index (χ3n) is 4.92. The Labute approximate surface area is 168 Å². The minimum Gasteiger partial charge on any atom is -0.339 e. The van der Waals surface area contributed by atoms with E-state index in [0.717, 1.165) is 30.7 Å². The Morgan fingerprint density at radius 2 is 2.04 bits per heavy atom. The molecule has 0 unspecified atom stereocenters. The van der Waals surface area contributed by atoms with Gasteiger partial charge in [0.25, 0.3) is 5.91 Å². The fourth-order valence-electron chi connectivity index (χ4n) is 3.29. The molecule has 0 atom stereocenters. The summed E-state index contributed by atoms with van der Waals surface area (Å²) < 4.78 is 13.3. The van der Waals surface area contributed by atoms with Gasteiger partial charge in [-0.3, -0.25) is 9.59 Å². The number of unbranched alkanes of at least 4 members (excludes halogenated alkanes) is 2. The van der Waals surface area contributed by atoms with Crippen LogP contribution in [-0.4, -0.2) is 40.0 Å². The molecule has 1 aliphatic rings. The van der Waals surface area contributed by atoms with Crippen LogP contribution in [0.4, 0.5) is 9.52 Å². The average molecular weight is 405 g/mol. The number of nitrogens with one attached hydrogen (secondary N) is 1. The zero-order valence-electron chi connectivity index (χ0n) is 16.0. The molecular formula is C20H25FN4O2S. The molecule has 1 saturated heterocycles. The third kappa shape index (κ3) is 5.34. The summed E-state index contributed by atoms with van der Waals surface area (Å²) in [5.74, 6) is -0.858. The van der Waals surface area contributed by atoms with E-state index in [9.17, 15) is 14.0 Å². The van der Waals surface area contributed by atoms with Crippen molar-refractivity contribution in [3.05, 3.63) is 40.7 Å². The largest absolute Gasteiger partial charge is 0.339 e. The van der Waals surface area contributed by atoms with E-state index >= 15 is 0 Å². The molecule has 0 spiro atoms. The molecule has 6 nitrogen and oxygen atoms in total.